The second-order valence-electron chi connectivity index (χ2n) is 2.90. The zero-order valence-electron chi connectivity index (χ0n) is 7.37. The summed E-state index contributed by atoms with van der Waals surface area (Å²) in [6, 6.07) is 0.639. The van der Waals surface area contributed by atoms with Gasteiger partial charge in [-0.3, -0.25) is 0 Å². The van der Waals surface area contributed by atoms with Gasteiger partial charge in [-0.15, -0.1) is 5.06 Å². The molecule has 0 aliphatic carbocycles. The second kappa shape index (κ2) is 4.95. The van der Waals surface area contributed by atoms with Crippen LogP contribution < -0.4 is 0 Å². The van der Waals surface area contributed by atoms with Gasteiger partial charge in [0.25, 0.3) is 0 Å². The lowest BCUT2D eigenvalue weighted by Gasteiger charge is -2.28. The predicted octanol–water partition coefficient (Wildman–Crippen LogP) is 2.25. The van der Waals surface area contributed by atoms with Gasteiger partial charge in [0.2, 0.25) is 4.38 Å². The topological polar surface area (TPSA) is 12.5 Å². The van der Waals surface area contributed by atoms with Gasteiger partial charge in [0.1, 0.15) is 0 Å². The van der Waals surface area contributed by atoms with Gasteiger partial charge in [-0.25, -0.2) is 0 Å². The summed E-state index contributed by atoms with van der Waals surface area (Å²) in [5.74, 6) is 0. The maximum Gasteiger partial charge on any atom is 0.242 e. The van der Waals surface area contributed by atoms with E-state index in [1.165, 1.54) is 0 Å². The van der Waals surface area contributed by atoms with E-state index >= 15 is 0 Å². The molecule has 0 saturated heterocycles. The van der Waals surface area contributed by atoms with Crippen LogP contribution in [0.2, 0.25) is 0 Å². The van der Waals surface area contributed by atoms with Gasteiger partial charge in [0.15, 0.2) is 0 Å². The Morgan fingerprint density at radius 1 is 1.27 bits per heavy atom. The van der Waals surface area contributed by atoms with Crippen molar-refractivity contribution in [2.24, 2.45) is 0 Å². The van der Waals surface area contributed by atoms with Crippen LogP contribution in [-0.4, -0.2) is 21.5 Å². The quantitative estimate of drug-likeness (QED) is 0.419. The van der Waals surface area contributed by atoms with Crippen molar-refractivity contribution in [1.82, 2.24) is 5.06 Å². The first-order valence-electron chi connectivity index (χ1n) is 3.64. The van der Waals surface area contributed by atoms with Crippen LogP contribution in [0.4, 0.5) is 0 Å². The smallest absolute Gasteiger partial charge is 0.242 e. The summed E-state index contributed by atoms with van der Waals surface area (Å²) in [7, 11) is 0. The van der Waals surface area contributed by atoms with E-state index in [0.29, 0.717) is 12.1 Å². The van der Waals surface area contributed by atoms with Gasteiger partial charge in [-0.1, -0.05) is 12.6 Å². The van der Waals surface area contributed by atoms with E-state index in [1.54, 1.807) is 0 Å². The molecule has 2 nitrogen and oxygen atoms in total. The third kappa shape index (κ3) is 4.61. The third-order valence-corrected chi connectivity index (χ3v) is 1.36. The molecule has 66 valence electrons. The number of nitrogens with zero attached hydrogens (tertiary/aromatic N) is 1. The molecule has 0 aliphatic rings. The van der Waals surface area contributed by atoms with Crippen molar-refractivity contribution in [3.05, 3.63) is 0 Å². The van der Waals surface area contributed by atoms with Gasteiger partial charge < -0.3 is 4.84 Å². The minimum absolute atomic E-state index is 0.271. The minimum atomic E-state index is 0.271. The van der Waals surface area contributed by atoms with E-state index in [9.17, 15) is 0 Å². The Morgan fingerprint density at radius 3 is 1.73 bits per heavy atom. The van der Waals surface area contributed by atoms with E-state index in [0.717, 1.165) is 0 Å². The summed E-state index contributed by atoms with van der Waals surface area (Å²) in [6.07, 6.45) is 0. The Morgan fingerprint density at radius 2 is 1.64 bits per heavy atom. The first-order chi connectivity index (χ1) is 4.95. The first-order valence-corrected chi connectivity index (χ1v) is 4.50. The van der Waals surface area contributed by atoms with E-state index in [1.807, 2.05) is 32.8 Å². The number of hydrogen-bond acceptors (Lipinski definition) is 3. The van der Waals surface area contributed by atoms with Crippen molar-refractivity contribution < 1.29 is 4.84 Å². The van der Waals surface area contributed by atoms with Gasteiger partial charge in [0.05, 0.1) is 0 Å². The Balaban J connectivity index is 4.00. The van der Waals surface area contributed by atoms with E-state index < -0.39 is 0 Å². The van der Waals surface area contributed by atoms with Crippen LogP contribution in [0.15, 0.2) is 0 Å². The van der Waals surface area contributed by atoms with Crippen LogP contribution in [0.25, 0.3) is 0 Å². The van der Waals surface area contributed by atoms with E-state index in [-0.39, 0.29) is 4.38 Å². The van der Waals surface area contributed by atoms with Crippen molar-refractivity contribution in [3.63, 3.8) is 0 Å². The molecule has 4 heteroatoms. The van der Waals surface area contributed by atoms with E-state index in [2.05, 4.69) is 12.6 Å². The third-order valence-electron chi connectivity index (χ3n) is 1.20. The first kappa shape index (κ1) is 11.2. The minimum Gasteiger partial charge on any atom is -0.387 e. The summed E-state index contributed by atoms with van der Waals surface area (Å²) >= 11 is 8.60. The van der Waals surface area contributed by atoms with Crippen molar-refractivity contribution >= 4 is 29.2 Å². The van der Waals surface area contributed by atoms with Crippen LogP contribution in [0.1, 0.15) is 27.7 Å². The molecule has 0 amide bonds. The largest absolute Gasteiger partial charge is 0.387 e. The molecule has 0 atom stereocenters. The Bertz CT molecular complexity index is 128. The fraction of sp³-hybridized carbons (Fsp3) is 0.857. The molecule has 0 unspecified atom stereocenters. The number of rotatable bonds is 3. The number of hydrogen-bond donors (Lipinski definition) is 1. The average molecular weight is 193 g/mol. The highest BCUT2D eigenvalue weighted by Crippen LogP contribution is 2.07. The molecule has 0 saturated carbocycles. The molecule has 0 aromatic heterocycles. The molecule has 0 spiro atoms. The second-order valence-corrected chi connectivity index (χ2v) is 3.98. The predicted molar refractivity (Wildman–Crippen MR) is 54.8 cm³/mol. The summed E-state index contributed by atoms with van der Waals surface area (Å²) in [5.41, 5.74) is 0. The molecule has 0 rings (SSSR count). The molecular formula is C7H15NOS2. The molecule has 0 fully saturated rings. The fourth-order valence-electron chi connectivity index (χ4n) is 0.897. The number of thiol groups is 1. The lowest BCUT2D eigenvalue weighted by molar-refractivity contribution is -0.118. The van der Waals surface area contributed by atoms with Crippen molar-refractivity contribution in [1.29, 1.82) is 0 Å². The summed E-state index contributed by atoms with van der Waals surface area (Å²) in [6.45, 7) is 8.19. The Hall–Kier alpha value is 0.200. The highest BCUT2D eigenvalue weighted by atomic mass is 32.1. The van der Waals surface area contributed by atoms with Gasteiger partial charge in [-0.05, 0) is 39.9 Å². The number of hydroxylamine groups is 2. The van der Waals surface area contributed by atoms with Crippen molar-refractivity contribution in [2.45, 2.75) is 39.8 Å². The molecule has 0 bridgehead atoms. The SMILES string of the molecule is CC(C)N(OC(=S)S)C(C)C. The van der Waals surface area contributed by atoms with Gasteiger partial charge in [0, 0.05) is 12.1 Å². The Labute approximate surface area is 79.3 Å². The van der Waals surface area contributed by atoms with Crippen LogP contribution in [0.5, 0.6) is 0 Å². The fourth-order valence-corrected chi connectivity index (χ4v) is 1.08. The summed E-state index contributed by atoms with van der Waals surface area (Å²) in [4.78, 5) is 5.20. The van der Waals surface area contributed by atoms with Crippen LogP contribution in [-0.2, 0) is 4.84 Å². The van der Waals surface area contributed by atoms with Crippen molar-refractivity contribution in [3.8, 4) is 0 Å². The molecule has 0 aromatic rings. The maximum atomic E-state index is 5.20. The normalized spacial score (nSPS) is 11.3. The van der Waals surface area contributed by atoms with Crippen LogP contribution >= 0.6 is 24.8 Å². The highest BCUT2D eigenvalue weighted by Gasteiger charge is 2.14. The Kier molecular flexibility index (Phi) is 5.04. The lowest BCUT2D eigenvalue weighted by atomic mass is 10.3. The molecule has 0 N–H and O–H groups in total. The summed E-state index contributed by atoms with van der Waals surface area (Å²) < 4.78 is 0.271. The maximum absolute atomic E-state index is 5.20. The molecule has 11 heavy (non-hydrogen) atoms. The molecule has 0 aromatic carbocycles. The molecular weight excluding hydrogens is 178 g/mol. The standard InChI is InChI=1S/C7H15NOS2/c1-5(2)8(6(3)4)9-7(10)11/h5-6H,1-4H3,(H,10,11). The summed E-state index contributed by atoms with van der Waals surface area (Å²) in [5, 5.41) is 1.81. The number of thiocarbonyl (C=S) groups is 1. The van der Waals surface area contributed by atoms with Crippen LogP contribution in [0.3, 0.4) is 0 Å². The van der Waals surface area contributed by atoms with Gasteiger partial charge >= 0.3 is 0 Å². The zero-order chi connectivity index (χ0) is 9.02. The lowest BCUT2D eigenvalue weighted by Crippen LogP contribution is -2.37. The molecule has 0 aliphatic heterocycles. The van der Waals surface area contributed by atoms with Crippen molar-refractivity contribution in [2.75, 3.05) is 0 Å². The average Bonchev–Trinajstić information content (AvgIpc) is 1.81. The van der Waals surface area contributed by atoms with Gasteiger partial charge in [-0.2, -0.15) is 0 Å². The molecule has 0 radical (unpaired) electrons. The highest BCUT2D eigenvalue weighted by molar-refractivity contribution is 8.10. The van der Waals surface area contributed by atoms with Crippen LogP contribution in [0, 0.1) is 0 Å². The monoisotopic (exact) mass is 193 g/mol. The zero-order valence-corrected chi connectivity index (χ0v) is 9.08. The van der Waals surface area contributed by atoms with E-state index in [4.69, 9.17) is 17.1 Å². The molecule has 0 heterocycles.